The molecule has 0 aliphatic carbocycles. The quantitative estimate of drug-likeness (QED) is 0.608. The van der Waals surface area contributed by atoms with Crippen LogP contribution in [0, 0.1) is 10.1 Å². The molecule has 1 heterocycles. The first-order valence-electron chi connectivity index (χ1n) is 6.31. The highest BCUT2D eigenvalue weighted by atomic mass is 79.9. The highest BCUT2D eigenvalue weighted by molar-refractivity contribution is 9.10. The first-order valence-corrected chi connectivity index (χ1v) is 7.92. The van der Waals surface area contributed by atoms with Crippen LogP contribution in [0.3, 0.4) is 0 Å². The average molecular weight is 371 g/mol. The fourth-order valence-corrected chi connectivity index (χ4v) is 3.21. The van der Waals surface area contributed by atoms with Crippen molar-refractivity contribution in [2.75, 3.05) is 7.11 Å². The monoisotopic (exact) mass is 370 g/mol. The molecule has 2 aromatic rings. The van der Waals surface area contributed by atoms with Crippen LogP contribution in [0.2, 0.25) is 0 Å². The number of nitrogens with one attached hydrogen (secondary N) is 1. The largest absolute Gasteiger partial charge is 0.496 e. The van der Waals surface area contributed by atoms with Gasteiger partial charge in [0.05, 0.1) is 16.5 Å². The zero-order chi connectivity index (χ0) is 15.4. The van der Waals surface area contributed by atoms with Crippen LogP contribution in [0.4, 0.5) is 5.00 Å². The third-order valence-electron chi connectivity index (χ3n) is 3.09. The first kappa shape index (κ1) is 15.9. The minimum atomic E-state index is -0.363. The number of nitro groups is 1. The summed E-state index contributed by atoms with van der Waals surface area (Å²) in [6.07, 6.45) is 0. The SMILES string of the molecule is COc1ccc(C(C)NCc2ccc([N+](=O)[O-])s2)cc1Br. The second-order valence-corrected chi connectivity index (χ2v) is 6.49. The summed E-state index contributed by atoms with van der Waals surface area (Å²) in [5, 5.41) is 14.2. The summed E-state index contributed by atoms with van der Waals surface area (Å²) in [7, 11) is 1.63. The van der Waals surface area contributed by atoms with E-state index in [1.54, 1.807) is 13.2 Å². The summed E-state index contributed by atoms with van der Waals surface area (Å²) in [5.41, 5.74) is 1.12. The zero-order valence-corrected chi connectivity index (χ0v) is 14.0. The van der Waals surface area contributed by atoms with E-state index in [2.05, 4.69) is 28.2 Å². The Balaban J connectivity index is 1.99. The molecule has 0 amide bonds. The van der Waals surface area contributed by atoms with E-state index < -0.39 is 0 Å². The van der Waals surface area contributed by atoms with Gasteiger partial charge in [-0.3, -0.25) is 10.1 Å². The van der Waals surface area contributed by atoms with Gasteiger partial charge in [0.1, 0.15) is 5.75 Å². The third-order valence-corrected chi connectivity index (χ3v) is 4.74. The van der Waals surface area contributed by atoms with Crippen molar-refractivity contribution in [1.82, 2.24) is 5.32 Å². The molecule has 0 radical (unpaired) electrons. The van der Waals surface area contributed by atoms with Crippen molar-refractivity contribution >= 4 is 32.3 Å². The van der Waals surface area contributed by atoms with Crippen LogP contribution in [0.5, 0.6) is 5.75 Å². The Labute approximate surface area is 135 Å². The Bertz CT molecular complexity index is 645. The number of thiophene rings is 1. The van der Waals surface area contributed by atoms with Crippen molar-refractivity contribution in [2.24, 2.45) is 0 Å². The predicted molar refractivity (Wildman–Crippen MR) is 86.9 cm³/mol. The van der Waals surface area contributed by atoms with Gasteiger partial charge in [-0.2, -0.15) is 0 Å². The highest BCUT2D eigenvalue weighted by Crippen LogP contribution is 2.28. The molecule has 2 rings (SSSR count). The van der Waals surface area contributed by atoms with Gasteiger partial charge in [0, 0.05) is 23.5 Å². The number of benzene rings is 1. The Kier molecular flexibility index (Phi) is 5.33. The molecular formula is C14H15BrN2O3S. The second-order valence-electron chi connectivity index (χ2n) is 4.49. The maximum atomic E-state index is 10.7. The predicted octanol–water partition coefficient (Wildman–Crippen LogP) is 4.28. The topological polar surface area (TPSA) is 64.4 Å². The van der Waals surface area contributed by atoms with Gasteiger partial charge in [0.15, 0.2) is 0 Å². The van der Waals surface area contributed by atoms with Crippen LogP contribution in [-0.2, 0) is 6.54 Å². The number of rotatable bonds is 6. The van der Waals surface area contributed by atoms with Gasteiger partial charge >= 0.3 is 5.00 Å². The number of hydrogen-bond acceptors (Lipinski definition) is 5. The molecule has 1 unspecified atom stereocenters. The van der Waals surface area contributed by atoms with Gasteiger partial charge < -0.3 is 10.1 Å². The van der Waals surface area contributed by atoms with E-state index in [-0.39, 0.29) is 16.0 Å². The van der Waals surface area contributed by atoms with E-state index in [4.69, 9.17) is 4.74 Å². The van der Waals surface area contributed by atoms with E-state index >= 15 is 0 Å². The maximum Gasteiger partial charge on any atom is 0.324 e. The van der Waals surface area contributed by atoms with Gasteiger partial charge in [0.2, 0.25) is 0 Å². The van der Waals surface area contributed by atoms with Crippen molar-refractivity contribution in [3.05, 3.63) is 55.4 Å². The maximum absolute atomic E-state index is 10.7. The molecule has 1 aromatic carbocycles. The number of methoxy groups -OCH3 is 1. The molecule has 1 aromatic heterocycles. The van der Waals surface area contributed by atoms with Crippen molar-refractivity contribution < 1.29 is 9.66 Å². The molecule has 112 valence electrons. The number of hydrogen-bond donors (Lipinski definition) is 1. The Hall–Kier alpha value is -1.44. The van der Waals surface area contributed by atoms with Crippen molar-refractivity contribution in [2.45, 2.75) is 19.5 Å². The molecule has 1 atom stereocenters. The molecule has 0 saturated heterocycles. The molecule has 0 fully saturated rings. The summed E-state index contributed by atoms with van der Waals surface area (Å²) >= 11 is 4.66. The molecular weight excluding hydrogens is 356 g/mol. The van der Waals surface area contributed by atoms with Crippen molar-refractivity contribution in [3.63, 3.8) is 0 Å². The lowest BCUT2D eigenvalue weighted by atomic mass is 10.1. The van der Waals surface area contributed by atoms with E-state index in [1.165, 1.54) is 17.4 Å². The molecule has 0 saturated carbocycles. The number of ether oxygens (including phenoxy) is 1. The van der Waals surface area contributed by atoms with Crippen LogP contribution in [0.25, 0.3) is 0 Å². The third kappa shape index (κ3) is 4.03. The minimum Gasteiger partial charge on any atom is -0.496 e. The van der Waals surface area contributed by atoms with Gasteiger partial charge in [-0.15, -0.1) is 0 Å². The average Bonchev–Trinajstić information content (AvgIpc) is 2.93. The molecule has 0 aliphatic heterocycles. The van der Waals surface area contributed by atoms with E-state index in [0.29, 0.717) is 6.54 Å². The number of halogens is 1. The fourth-order valence-electron chi connectivity index (χ4n) is 1.88. The zero-order valence-electron chi connectivity index (χ0n) is 11.6. The normalized spacial score (nSPS) is 12.1. The van der Waals surface area contributed by atoms with Crippen molar-refractivity contribution in [1.29, 1.82) is 0 Å². The smallest absolute Gasteiger partial charge is 0.324 e. The molecule has 21 heavy (non-hydrogen) atoms. The van der Waals surface area contributed by atoms with Crippen molar-refractivity contribution in [3.8, 4) is 5.75 Å². The van der Waals surface area contributed by atoms with Crippen LogP contribution < -0.4 is 10.1 Å². The number of nitrogens with zero attached hydrogens (tertiary/aromatic N) is 1. The second kappa shape index (κ2) is 7.02. The van der Waals surface area contributed by atoms with E-state index in [9.17, 15) is 10.1 Å². The lowest BCUT2D eigenvalue weighted by molar-refractivity contribution is -0.380. The lowest BCUT2D eigenvalue weighted by Crippen LogP contribution is -2.17. The molecule has 0 bridgehead atoms. The molecule has 1 N–H and O–H groups in total. The molecule has 0 spiro atoms. The van der Waals surface area contributed by atoms with Crippen LogP contribution >= 0.6 is 27.3 Å². The van der Waals surface area contributed by atoms with Gasteiger partial charge in [-0.1, -0.05) is 17.4 Å². The van der Waals surface area contributed by atoms with E-state index in [1.807, 2.05) is 18.2 Å². The standard InChI is InChI=1S/C14H15BrN2O3S/c1-9(10-3-5-13(20-2)12(15)7-10)16-8-11-4-6-14(21-11)17(18)19/h3-7,9,16H,8H2,1-2H3. The summed E-state index contributed by atoms with van der Waals surface area (Å²) < 4.78 is 6.11. The Morgan fingerprint density at radius 3 is 2.76 bits per heavy atom. The lowest BCUT2D eigenvalue weighted by Gasteiger charge is -2.15. The summed E-state index contributed by atoms with van der Waals surface area (Å²) in [4.78, 5) is 11.2. The van der Waals surface area contributed by atoms with Gasteiger partial charge in [0.25, 0.3) is 0 Å². The first-order chi connectivity index (χ1) is 10.0. The summed E-state index contributed by atoms with van der Waals surface area (Å²) in [5.74, 6) is 0.792. The summed E-state index contributed by atoms with van der Waals surface area (Å²) in [6, 6.07) is 9.37. The van der Waals surface area contributed by atoms with Gasteiger partial charge in [-0.05, 0) is 46.6 Å². The van der Waals surface area contributed by atoms with Crippen LogP contribution in [0.15, 0.2) is 34.8 Å². The highest BCUT2D eigenvalue weighted by Gasteiger charge is 2.12. The minimum absolute atomic E-state index is 0.133. The summed E-state index contributed by atoms with van der Waals surface area (Å²) in [6.45, 7) is 2.65. The van der Waals surface area contributed by atoms with E-state index in [0.717, 1.165) is 20.7 Å². The molecule has 7 heteroatoms. The molecule has 0 aliphatic rings. The fraction of sp³-hybridized carbons (Fsp3) is 0.286. The molecule has 5 nitrogen and oxygen atoms in total. The van der Waals surface area contributed by atoms with Crippen LogP contribution in [-0.4, -0.2) is 12.0 Å². The Morgan fingerprint density at radius 2 is 2.19 bits per heavy atom. The van der Waals surface area contributed by atoms with Crippen LogP contribution in [0.1, 0.15) is 23.4 Å². The Morgan fingerprint density at radius 1 is 1.43 bits per heavy atom. The van der Waals surface area contributed by atoms with Gasteiger partial charge in [-0.25, -0.2) is 0 Å².